The molecule has 3 heteroatoms. The van der Waals surface area contributed by atoms with E-state index < -0.39 is 6.10 Å². The lowest BCUT2D eigenvalue weighted by Crippen LogP contribution is -1.99. The van der Waals surface area contributed by atoms with Crippen LogP contribution in [0.25, 0.3) is 0 Å². The van der Waals surface area contributed by atoms with E-state index in [-0.39, 0.29) is 0 Å². The molecule has 0 fully saturated rings. The summed E-state index contributed by atoms with van der Waals surface area (Å²) in [6.45, 7) is 1.97. The van der Waals surface area contributed by atoms with E-state index in [4.69, 9.17) is 11.6 Å². The molecule has 0 radical (unpaired) electrons. The van der Waals surface area contributed by atoms with Gasteiger partial charge in [-0.1, -0.05) is 45.2 Å². The van der Waals surface area contributed by atoms with Gasteiger partial charge in [0, 0.05) is 15.9 Å². The summed E-state index contributed by atoms with van der Waals surface area (Å²) in [7, 11) is 0. The van der Waals surface area contributed by atoms with Crippen LogP contribution in [0.2, 0.25) is 5.02 Å². The number of aliphatic hydroxyl groups is 1. The van der Waals surface area contributed by atoms with Crippen LogP contribution in [0, 0.1) is 6.92 Å². The first-order chi connectivity index (χ1) is 5.65. The predicted molar refractivity (Wildman–Crippen MR) is 54.9 cm³/mol. The molecule has 0 saturated carbocycles. The molecule has 0 saturated heterocycles. The third kappa shape index (κ3) is 2.22. The molecule has 1 rings (SSSR count). The minimum absolute atomic E-state index is 0.510. The molecule has 0 aromatic heterocycles. The number of alkyl halides is 1. The van der Waals surface area contributed by atoms with Crippen LogP contribution in [0.4, 0.5) is 0 Å². The van der Waals surface area contributed by atoms with E-state index in [1.165, 1.54) is 0 Å². The lowest BCUT2D eigenvalue weighted by Gasteiger charge is -2.09. The van der Waals surface area contributed by atoms with Crippen molar-refractivity contribution in [2.45, 2.75) is 13.0 Å². The summed E-state index contributed by atoms with van der Waals surface area (Å²) >= 11 is 9.09. The summed E-state index contributed by atoms with van der Waals surface area (Å²) in [6, 6.07) is 5.62. The molecule has 0 spiro atoms. The van der Waals surface area contributed by atoms with Crippen molar-refractivity contribution in [3.05, 3.63) is 34.3 Å². The van der Waals surface area contributed by atoms with Crippen LogP contribution in [0.5, 0.6) is 0 Å². The van der Waals surface area contributed by atoms with E-state index in [0.29, 0.717) is 10.4 Å². The Bertz CT molecular complexity index is 275. The van der Waals surface area contributed by atoms with E-state index in [1.807, 2.05) is 19.1 Å². The molecular formula is C9H10BrClO. The zero-order chi connectivity index (χ0) is 9.14. The second kappa shape index (κ2) is 4.26. The van der Waals surface area contributed by atoms with Crippen LogP contribution in [0.15, 0.2) is 18.2 Å². The van der Waals surface area contributed by atoms with Gasteiger partial charge in [0.25, 0.3) is 0 Å². The van der Waals surface area contributed by atoms with E-state index in [9.17, 15) is 5.11 Å². The highest BCUT2D eigenvalue weighted by molar-refractivity contribution is 9.09. The van der Waals surface area contributed by atoms with Crippen LogP contribution in [-0.4, -0.2) is 10.4 Å². The maximum atomic E-state index is 9.50. The predicted octanol–water partition coefficient (Wildman–Crippen LogP) is 3.08. The number of aryl methyl sites for hydroxylation is 1. The summed E-state index contributed by atoms with van der Waals surface area (Å²) in [5.74, 6) is 0. The van der Waals surface area contributed by atoms with Gasteiger partial charge >= 0.3 is 0 Å². The van der Waals surface area contributed by atoms with Crippen molar-refractivity contribution in [1.29, 1.82) is 0 Å². The minimum Gasteiger partial charge on any atom is -0.387 e. The van der Waals surface area contributed by atoms with E-state index in [1.54, 1.807) is 6.07 Å². The normalized spacial score (nSPS) is 13.0. The van der Waals surface area contributed by atoms with Crippen molar-refractivity contribution in [3.8, 4) is 0 Å². The fraction of sp³-hybridized carbons (Fsp3) is 0.333. The third-order valence-corrected chi connectivity index (χ3v) is 2.61. The number of benzene rings is 1. The van der Waals surface area contributed by atoms with Gasteiger partial charge < -0.3 is 5.11 Å². The molecule has 1 N–H and O–H groups in total. The molecule has 0 aliphatic carbocycles. The molecule has 0 bridgehead atoms. The molecule has 0 amide bonds. The van der Waals surface area contributed by atoms with Gasteiger partial charge in [-0.2, -0.15) is 0 Å². The second-order valence-electron chi connectivity index (χ2n) is 2.70. The lowest BCUT2D eigenvalue weighted by molar-refractivity contribution is 0.205. The van der Waals surface area contributed by atoms with Gasteiger partial charge in [0.05, 0.1) is 6.10 Å². The number of hydrogen-bond acceptors (Lipinski definition) is 1. The van der Waals surface area contributed by atoms with Gasteiger partial charge in [-0.3, -0.25) is 0 Å². The first-order valence-electron chi connectivity index (χ1n) is 3.65. The molecule has 0 aliphatic heterocycles. The molecule has 0 heterocycles. The highest BCUT2D eigenvalue weighted by atomic mass is 79.9. The van der Waals surface area contributed by atoms with Crippen molar-refractivity contribution in [2.24, 2.45) is 0 Å². The molecule has 1 unspecified atom stereocenters. The zero-order valence-corrected chi connectivity index (χ0v) is 9.06. The smallest absolute Gasteiger partial charge is 0.0901 e. The molecule has 1 aromatic rings. The highest BCUT2D eigenvalue weighted by Gasteiger charge is 2.09. The van der Waals surface area contributed by atoms with E-state index in [0.717, 1.165) is 11.1 Å². The van der Waals surface area contributed by atoms with Crippen LogP contribution in [-0.2, 0) is 0 Å². The Morgan fingerprint density at radius 1 is 1.58 bits per heavy atom. The number of hydrogen-bond donors (Lipinski definition) is 1. The second-order valence-corrected chi connectivity index (χ2v) is 3.75. The van der Waals surface area contributed by atoms with Gasteiger partial charge in [-0.15, -0.1) is 0 Å². The van der Waals surface area contributed by atoms with Crippen molar-refractivity contribution in [2.75, 3.05) is 5.33 Å². The van der Waals surface area contributed by atoms with Gasteiger partial charge in [0.1, 0.15) is 0 Å². The summed E-state index contributed by atoms with van der Waals surface area (Å²) in [5.41, 5.74) is 1.89. The topological polar surface area (TPSA) is 20.2 Å². The Balaban J connectivity index is 3.04. The number of halogens is 2. The zero-order valence-electron chi connectivity index (χ0n) is 6.72. The monoisotopic (exact) mass is 248 g/mol. The van der Waals surface area contributed by atoms with E-state index >= 15 is 0 Å². The molecule has 66 valence electrons. The first kappa shape index (κ1) is 10.0. The number of rotatable bonds is 2. The maximum Gasteiger partial charge on any atom is 0.0901 e. The summed E-state index contributed by atoms with van der Waals surface area (Å²) < 4.78 is 0. The Morgan fingerprint density at radius 3 is 2.83 bits per heavy atom. The quantitative estimate of drug-likeness (QED) is 0.799. The summed E-state index contributed by atoms with van der Waals surface area (Å²) in [5, 5.41) is 10.6. The Labute approximate surface area is 85.5 Å². The SMILES string of the molecule is Cc1ccc(Cl)c(C(O)CBr)c1. The van der Waals surface area contributed by atoms with Crippen molar-refractivity contribution in [1.82, 2.24) is 0 Å². The third-order valence-electron chi connectivity index (χ3n) is 1.66. The average molecular weight is 250 g/mol. The van der Waals surface area contributed by atoms with Crippen LogP contribution in [0.3, 0.4) is 0 Å². The first-order valence-corrected chi connectivity index (χ1v) is 5.15. The molecule has 1 atom stereocenters. The fourth-order valence-corrected chi connectivity index (χ4v) is 1.59. The van der Waals surface area contributed by atoms with Crippen molar-refractivity contribution < 1.29 is 5.11 Å². The largest absolute Gasteiger partial charge is 0.387 e. The van der Waals surface area contributed by atoms with Crippen molar-refractivity contribution in [3.63, 3.8) is 0 Å². The van der Waals surface area contributed by atoms with Crippen molar-refractivity contribution >= 4 is 27.5 Å². The minimum atomic E-state index is -0.516. The van der Waals surface area contributed by atoms with Gasteiger partial charge in [-0.05, 0) is 13.0 Å². The van der Waals surface area contributed by atoms with Gasteiger partial charge in [0.2, 0.25) is 0 Å². The van der Waals surface area contributed by atoms with Crippen LogP contribution >= 0.6 is 27.5 Å². The lowest BCUT2D eigenvalue weighted by atomic mass is 10.1. The Morgan fingerprint density at radius 2 is 2.25 bits per heavy atom. The van der Waals surface area contributed by atoms with Gasteiger partial charge in [-0.25, -0.2) is 0 Å². The Kier molecular flexibility index (Phi) is 3.56. The van der Waals surface area contributed by atoms with Gasteiger partial charge in [0.15, 0.2) is 0 Å². The Hall–Kier alpha value is -0.0500. The molecular weight excluding hydrogens is 239 g/mol. The molecule has 1 aromatic carbocycles. The molecule has 0 aliphatic rings. The molecule has 12 heavy (non-hydrogen) atoms. The van der Waals surface area contributed by atoms with E-state index in [2.05, 4.69) is 15.9 Å². The van der Waals surface area contributed by atoms with Crippen LogP contribution in [0.1, 0.15) is 17.2 Å². The molecule has 1 nitrogen and oxygen atoms in total. The number of aliphatic hydroxyl groups excluding tert-OH is 1. The standard InChI is InChI=1S/C9H10BrClO/c1-6-2-3-8(11)7(4-6)9(12)5-10/h2-4,9,12H,5H2,1H3. The van der Waals surface area contributed by atoms with Crippen LogP contribution < -0.4 is 0 Å². The fourth-order valence-electron chi connectivity index (χ4n) is 1.00. The average Bonchev–Trinajstić information content (AvgIpc) is 2.08. The summed E-state index contributed by atoms with van der Waals surface area (Å²) in [4.78, 5) is 0. The maximum absolute atomic E-state index is 9.50. The summed E-state index contributed by atoms with van der Waals surface area (Å²) in [6.07, 6.45) is -0.516. The highest BCUT2D eigenvalue weighted by Crippen LogP contribution is 2.24.